The van der Waals surface area contributed by atoms with E-state index in [0.29, 0.717) is 13.0 Å². The van der Waals surface area contributed by atoms with E-state index in [0.717, 1.165) is 12.8 Å². The summed E-state index contributed by atoms with van der Waals surface area (Å²) in [6.07, 6.45) is 2.12. The molecule has 8 heteroatoms. The van der Waals surface area contributed by atoms with Crippen LogP contribution in [-0.4, -0.2) is 37.3 Å². The van der Waals surface area contributed by atoms with Gasteiger partial charge in [0.2, 0.25) is 15.9 Å². The second kappa shape index (κ2) is 6.24. The molecule has 2 aliphatic heterocycles. The molecule has 0 saturated carbocycles. The summed E-state index contributed by atoms with van der Waals surface area (Å²) in [5.41, 5.74) is 0. The van der Waals surface area contributed by atoms with Gasteiger partial charge in [-0.05, 0) is 43.4 Å². The van der Waals surface area contributed by atoms with Gasteiger partial charge < -0.3 is 5.32 Å². The summed E-state index contributed by atoms with van der Waals surface area (Å²) in [6, 6.07) is 3.38. The molecule has 126 valence electrons. The molecule has 2 fully saturated rings. The first-order valence-electron chi connectivity index (χ1n) is 7.58. The van der Waals surface area contributed by atoms with Crippen LogP contribution < -0.4 is 5.32 Å². The first kappa shape index (κ1) is 17.0. The van der Waals surface area contributed by atoms with Crippen molar-refractivity contribution in [3.63, 3.8) is 0 Å². The maximum atomic E-state index is 13.2. The van der Waals surface area contributed by atoms with E-state index in [-0.39, 0.29) is 32.8 Å². The molecule has 0 radical (unpaired) electrons. The molecular formula is C15H18Cl2N2O3S. The predicted molar refractivity (Wildman–Crippen MR) is 89.1 cm³/mol. The second-order valence-electron chi connectivity index (χ2n) is 6.18. The number of benzene rings is 1. The third-order valence-electron chi connectivity index (χ3n) is 4.58. The first-order valence-corrected chi connectivity index (χ1v) is 9.77. The number of rotatable bonds is 2. The molecule has 23 heavy (non-hydrogen) atoms. The Bertz CT molecular complexity index is 718. The zero-order valence-electron chi connectivity index (χ0n) is 12.6. The minimum atomic E-state index is -3.85. The molecule has 2 unspecified atom stereocenters. The van der Waals surface area contributed by atoms with Gasteiger partial charge in [0.25, 0.3) is 0 Å². The van der Waals surface area contributed by atoms with Gasteiger partial charge in [-0.1, -0.05) is 30.1 Å². The van der Waals surface area contributed by atoms with Crippen molar-refractivity contribution in [2.75, 3.05) is 6.54 Å². The summed E-state index contributed by atoms with van der Waals surface area (Å²) in [7, 11) is -3.85. The van der Waals surface area contributed by atoms with Crippen molar-refractivity contribution >= 4 is 39.1 Å². The third-order valence-corrected chi connectivity index (χ3v) is 6.93. The highest BCUT2D eigenvalue weighted by atomic mass is 35.5. The largest absolute Gasteiger partial charge is 0.354 e. The summed E-state index contributed by atoms with van der Waals surface area (Å²) in [5, 5.41) is 3.36. The van der Waals surface area contributed by atoms with Crippen LogP contribution >= 0.6 is 23.2 Å². The number of nitrogens with one attached hydrogen (secondary N) is 1. The fourth-order valence-corrected chi connectivity index (χ4v) is 6.10. The first-order chi connectivity index (χ1) is 10.8. The van der Waals surface area contributed by atoms with Gasteiger partial charge in [0, 0.05) is 22.6 Å². The molecule has 0 aliphatic carbocycles. The van der Waals surface area contributed by atoms with Crippen molar-refractivity contribution in [3.05, 3.63) is 28.2 Å². The average molecular weight is 377 g/mol. The van der Waals surface area contributed by atoms with Crippen LogP contribution in [0.3, 0.4) is 0 Å². The standard InChI is InChI=1S/C15H18Cl2N2O3S/c1-9-8-18-15(20)14-4-2-3-13(9)19(14)23(21,22)12-6-10(16)5-11(17)7-12/h5-7,9,13-14H,2-4,8H2,1H3,(H,18,20)/t9-,13?,14?/m0/s1. The Morgan fingerprint density at radius 1 is 1.17 bits per heavy atom. The number of halogens is 2. The molecule has 1 N–H and O–H groups in total. The van der Waals surface area contributed by atoms with Gasteiger partial charge in [-0.25, -0.2) is 8.42 Å². The summed E-state index contributed by atoms with van der Waals surface area (Å²) >= 11 is 11.9. The van der Waals surface area contributed by atoms with Crippen LogP contribution in [0.1, 0.15) is 26.2 Å². The molecule has 3 atom stereocenters. The number of hydrogen-bond acceptors (Lipinski definition) is 3. The van der Waals surface area contributed by atoms with E-state index in [9.17, 15) is 13.2 Å². The normalized spacial score (nSPS) is 29.0. The van der Waals surface area contributed by atoms with Crippen molar-refractivity contribution in [2.45, 2.75) is 43.2 Å². The minimum absolute atomic E-state index is 0.0359. The molecule has 5 nitrogen and oxygen atoms in total. The second-order valence-corrected chi connectivity index (χ2v) is 8.89. The lowest BCUT2D eigenvalue weighted by Crippen LogP contribution is -2.54. The van der Waals surface area contributed by atoms with Gasteiger partial charge in [-0.3, -0.25) is 4.79 Å². The highest BCUT2D eigenvalue weighted by Crippen LogP contribution is 2.36. The van der Waals surface area contributed by atoms with Crippen LogP contribution in [0.25, 0.3) is 0 Å². The summed E-state index contributed by atoms with van der Waals surface area (Å²) in [4.78, 5) is 12.4. The van der Waals surface area contributed by atoms with Crippen LogP contribution in [-0.2, 0) is 14.8 Å². The summed E-state index contributed by atoms with van der Waals surface area (Å²) < 4.78 is 27.7. The fraction of sp³-hybridized carbons (Fsp3) is 0.533. The average Bonchev–Trinajstić information content (AvgIpc) is 2.56. The summed E-state index contributed by atoms with van der Waals surface area (Å²) in [6.45, 7) is 2.45. The lowest BCUT2D eigenvalue weighted by molar-refractivity contribution is -0.125. The number of piperidine rings is 1. The van der Waals surface area contributed by atoms with E-state index in [2.05, 4.69) is 5.32 Å². The van der Waals surface area contributed by atoms with Crippen molar-refractivity contribution in [1.82, 2.24) is 9.62 Å². The number of fused-ring (bicyclic) bond motifs is 2. The van der Waals surface area contributed by atoms with Crippen LogP contribution in [0.5, 0.6) is 0 Å². The van der Waals surface area contributed by atoms with E-state index >= 15 is 0 Å². The van der Waals surface area contributed by atoms with Crippen molar-refractivity contribution in [1.29, 1.82) is 0 Å². The van der Waals surface area contributed by atoms with Crippen LogP contribution in [0, 0.1) is 5.92 Å². The number of nitrogens with zero attached hydrogens (tertiary/aromatic N) is 1. The fourth-order valence-electron chi connectivity index (χ4n) is 3.45. The third kappa shape index (κ3) is 3.09. The van der Waals surface area contributed by atoms with Crippen molar-refractivity contribution in [3.8, 4) is 0 Å². The van der Waals surface area contributed by atoms with Gasteiger partial charge >= 0.3 is 0 Å². The van der Waals surface area contributed by atoms with Gasteiger partial charge in [0.15, 0.2) is 0 Å². The Kier molecular flexibility index (Phi) is 4.62. The molecule has 2 bridgehead atoms. The Hall–Kier alpha value is -0.820. The van der Waals surface area contributed by atoms with Gasteiger partial charge in [-0.2, -0.15) is 4.31 Å². The van der Waals surface area contributed by atoms with E-state index in [1.165, 1.54) is 22.5 Å². The molecule has 1 amide bonds. The number of hydrogen-bond donors (Lipinski definition) is 1. The highest BCUT2D eigenvalue weighted by Gasteiger charge is 2.46. The Balaban J connectivity index is 2.11. The van der Waals surface area contributed by atoms with Crippen molar-refractivity contribution < 1.29 is 13.2 Å². The van der Waals surface area contributed by atoms with Crippen LogP contribution in [0.4, 0.5) is 0 Å². The number of carbonyl (C=O) groups is 1. The Labute approximate surface area is 146 Å². The molecule has 0 aromatic heterocycles. The predicted octanol–water partition coefficient (Wildman–Crippen LogP) is 2.67. The SMILES string of the molecule is C[C@H]1CNC(=O)C2CCCC1N2S(=O)(=O)c1cc(Cl)cc(Cl)c1. The molecular weight excluding hydrogens is 359 g/mol. The van der Waals surface area contributed by atoms with Gasteiger partial charge in [0.05, 0.1) is 4.90 Å². The molecule has 0 spiro atoms. The van der Waals surface area contributed by atoms with E-state index in [1.54, 1.807) is 0 Å². The molecule has 3 rings (SSSR count). The zero-order valence-corrected chi connectivity index (χ0v) is 15.0. The zero-order chi connectivity index (χ0) is 16.8. The van der Waals surface area contributed by atoms with Crippen LogP contribution in [0.15, 0.2) is 23.1 Å². The van der Waals surface area contributed by atoms with Gasteiger partial charge in [0.1, 0.15) is 6.04 Å². The molecule has 1 aromatic rings. The van der Waals surface area contributed by atoms with E-state index < -0.39 is 16.1 Å². The lowest BCUT2D eigenvalue weighted by atomic mass is 9.92. The topological polar surface area (TPSA) is 66.5 Å². The maximum Gasteiger partial charge on any atom is 0.244 e. The Morgan fingerprint density at radius 2 is 1.83 bits per heavy atom. The molecule has 2 saturated heterocycles. The van der Waals surface area contributed by atoms with E-state index in [4.69, 9.17) is 23.2 Å². The molecule has 2 heterocycles. The monoisotopic (exact) mass is 376 g/mol. The Morgan fingerprint density at radius 3 is 2.48 bits per heavy atom. The number of sulfonamides is 1. The summed E-state index contributed by atoms with van der Waals surface area (Å²) in [5.74, 6) is -0.176. The molecule has 1 aromatic carbocycles. The van der Waals surface area contributed by atoms with E-state index in [1.807, 2.05) is 6.92 Å². The van der Waals surface area contributed by atoms with Crippen LogP contribution in [0.2, 0.25) is 10.0 Å². The highest BCUT2D eigenvalue weighted by molar-refractivity contribution is 7.89. The van der Waals surface area contributed by atoms with Gasteiger partial charge in [-0.15, -0.1) is 0 Å². The number of carbonyl (C=O) groups excluding carboxylic acids is 1. The van der Waals surface area contributed by atoms with Crippen molar-refractivity contribution in [2.24, 2.45) is 5.92 Å². The number of amides is 1. The smallest absolute Gasteiger partial charge is 0.244 e. The quantitative estimate of drug-likeness (QED) is 0.862. The minimum Gasteiger partial charge on any atom is -0.354 e. The molecule has 2 aliphatic rings. The lowest BCUT2D eigenvalue weighted by Gasteiger charge is -2.39. The maximum absolute atomic E-state index is 13.2.